The number of hydrogen-bond acceptors (Lipinski definition) is 5. The number of benzene rings is 1. The van der Waals surface area contributed by atoms with Gasteiger partial charge in [0, 0.05) is 50.4 Å². The number of nitro groups is 1. The predicted molar refractivity (Wildman–Crippen MR) is 97.6 cm³/mol. The average Bonchev–Trinajstić information content (AvgIpc) is 2.69. The molecule has 142 valence electrons. The van der Waals surface area contributed by atoms with E-state index in [1.54, 1.807) is 9.80 Å². The Morgan fingerprint density at radius 1 is 1.08 bits per heavy atom. The molecular formula is C18H26N4O4. The van der Waals surface area contributed by atoms with Crippen LogP contribution in [0.15, 0.2) is 24.3 Å². The van der Waals surface area contributed by atoms with E-state index < -0.39 is 10.3 Å². The maximum atomic E-state index is 12.8. The second-order valence-corrected chi connectivity index (χ2v) is 6.58. The predicted octanol–water partition coefficient (Wildman–Crippen LogP) is 1.64. The lowest BCUT2D eigenvalue weighted by molar-refractivity contribution is -0.384. The highest BCUT2D eigenvalue weighted by Gasteiger charge is 2.38. The molecular weight excluding hydrogens is 336 g/mol. The Kier molecular flexibility index (Phi) is 6.31. The van der Waals surface area contributed by atoms with E-state index in [0.717, 1.165) is 0 Å². The number of amides is 2. The first-order valence-electron chi connectivity index (χ1n) is 8.91. The first-order valence-corrected chi connectivity index (χ1v) is 8.91. The van der Waals surface area contributed by atoms with Crippen LogP contribution in [0.3, 0.4) is 0 Å². The van der Waals surface area contributed by atoms with Gasteiger partial charge in [-0.1, -0.05) is 13.8 Å². The lowest BCUT2D eigenvalue weighted by Crippen LogP contribution is -2.55. The van der Waals surface area contributed by atoms with Crippen molar-refractivity contribution in [2.75, 3.05) is 32.7 Å². The molecule has 0 radical (unpaired) electrons. The highest BCUT2D eigenvalue weighted by Crippen LogP contribution is 2.28. The van der Waals surface area contributed by atoms with Gasteiger partial charge in [0.25, 0.3) is 11.6 Å². The first kappa shape index (κ1) is 19.8. The normalized spacial score (nSPS) is 15.0. The molecule has 1 aromatic carbocycles. The average molecular weight is 362 g/mol. The molecule has 0 unspecified atom stereocenters. The number of nitrogens with zero attached hydrogens (tertiary/aromatic N) is 3. The van der Waals surface area contributed by atoms with Crippen LogP contribution < -0.4 is 5.73 Å². The molecule has 0 saturated carbocycles. The third-order valence-corrected chi connectivity index (χ3v) is 5.38. The summed E-state index contributed by atoms with van der Waals surface area (Å²) in [7, 11) is 0. The van der Waals surface area contributed by atoms with Crippen LogP contribution in [0.4, 0.5) is 5.69 Å². The zero-order valence-electron chi connectivity index (χ0n) is 15.3. The lowest BCUT2D eigenvalue weighted by Gasteiger charge is -2.40. The van der Waals surface area contributed by atoms with Crippen LogP contribution in [-0.4, -0.2) is 59.3 Å². The Hall–Kier alpha value is -2.48. The van der Waals surface area contributed by atoms with Gasteiger partial charge >= 0.3 is 0 Å². The highest BCUT2D eigenvalue weighted by molar-refractivity contribution is 5.94. The van der Waals surface area contributed by atoms with E-state index in [-0.39, 0.29) is 17.5 Å². The fraction of sp³-hybridized carbons (Fsp3) is 0.556. The molecule has 1 heterocycles. The van der Waals surface area contributed by atoms with Crippen molar-refractivity contribution in [1.29, 1.82) is 0 Å². The molecule has 8 nitrogen and oxygen atoms in total. The van der Waals surface area contributed by atoms with Crippen LogP contribution in [-0.2, 0) is 4.79 Å². The van der Waals surface area contributed by atoms with E-state index in [4.69, 9.17) is 5.73 Å². The minimum atomic E-state index is -0.523. The van der Waals surface area contributed by atoms with E-state index >= 15 is 0 Å². The summed E-state index contributed by atoms with van der Waals surface area (Å²) in [6.07, 6.45) is 1.39. The Bertz CT molecular complexity index is 654. The molecule has 0 aromatic heterocycles. The van der Waals surface area contributed by atoms with E-state index in [1.165, 1.54) is 24.3 Å². The van der Waals surface area contributed by atoms with Crippen molar-refractivity contribution in [3.63, 3.8) is 0 Å². The van der Waals surface area contributed by atoms with Gasteiger partial charge in [0.15, 0.2) is 0 Å². The standard InChI is InChI=1S/C18H26N4O4/c1-3-18(4-2,13-19)17(24)21-11-9-20(10-12-21)16(23)14-5-7-15(8-6-14)22(25)26/h5-8H,3-4,9-13,19H2,1-2H3. The molecule has 2 amide bonds. The lowest BCUT2D eigenvalue weighted by atomic mass is 9.81. The summed E-state index contributed by atoms with van der Waals surface area (Å²) in [4.78, 5) is 39.1. The number of nitrogens with two attached hydrogens (primary N) is 1. The Balaban J connectivity index is 2.00. The number of nitro benzene ring substituents is 1. The zero-order valence-corrected chi connectivity index (χ0v) is 15.3. The quantitative estimate of drug-likeness (QED) is 0.611. The van der Waals surface area contributed by atoms with Crippen LogP contribution in [0.25, 0.3) is 0 Å². The van der Waals surface area contributed by atoms with Gasteiger partial charge in [-0.25, -0.2) is 0 Å². The minimum Gasteiger partial charge on any atom is -0.339 e. The van der Waals surface area contributed by atoms with E-state index in [9.17, 15) is 19.7 Å². The summed E-state index contributed by atoms with van der Waals surface area (Å²) >= 11 is 0. The van der Waals surface area contributed by atoms with Crippen LogP contribution in [0.5, 0.6) is 0 Å². The molecule has 2 rings (SSSR count). The Morgan fingerprint density at radius 2 is 1.58 bits per heavy atom. The van der Waals surface area contributed by atoms with Gasteiger partial charge < -0.3 is 15.5 Å². The number of piperazine rings is 1. The smallest absolute Gasteiger partial charge is 0.269 e. The summed E-state index contributed by atoms with van der Waals surface area (Å²) in [6.45, 7) is 6.09. The second kappa shape index (κ2) is 8.27. The molecule has 1 aliphatic heterocycles. The maximum absolute atomic E-state index is 12.8. The number of carbonyl (C=O) groups excluding carboxylic acids is 2. The van der Waals surface area contributed by atoms with Crippen molar-refractivity contribution in [3.05, 3.63) is 39.9 Å². The third-order valence-electron chi connectivity index (χ3n) is 5.38. The second-order valence-electron chi connectivity index (χ2n) is 6.58. The van der Waals surface area contributed by atoms with Gasteiger partial charge in [0.05, 0.1) is 10.3 Å². The number of carbonyl (C=O) groups is 2. The Morgan fingerprint density at radius 3 is 2.00 bits per heavy atom. The van der Waals surface area contributed by atoms with E-state index in [0.29, 0.717) is 51.1 Å². The van der Waals surface area contributed by atoms with E-state index in [1.807, 2.05) is 13.8 Å². The molecule has 2 N–H and O–H groups in total. The van der Waals surface area contributed by atoms with Crippen molar-refractivity contribution in [3.8, 4) is 0 Å². The molecule has 0 aliphatic carbocycles. The molecule has 1 saturated heterocycles. The summed E-state index contributed by atoms with van der Waals surface area (Å²) in [5.41, 5.74) is 5.70. The SMILES string of the molecule is CCC(CC)(CN)C(=O)N1CCN(C(=O)c2ccc([N+](=O)[O-])cc2)CC1. The molecule has 1 aromatic rings. The first-order chi connectivity index (χ1) is 12.4. The van der Waals surface area contributed by atoms with Crippen molar-refractivity contribution in [2.24, 2.45) is 11.1 Å². The monoisotopic (exact) mass is 362 g/mol. The molecule has 1 aliphatic rings. The van der Waals surface area contributed by atoms with Gasteiger partial charge in [0.1, 0.15) is 0 Å². The topological polar surface area (TPSA) is 110 Å². The molecule has 1 fully saturated rings. The Labute approximate surface area is 153 Å². The fourth-order valence-corrected chi connectivity index (χ4v) is 3.28. The van der Waals surface area contributed by atoms with Crippen LogP contribution in [0, 0.1) is 15.5 Å². The number of non-ortho nitro benzene ring substituents is 1. The van der Waals surface area contributed by atoms with Crippen LogP contribution in [0.2, 0.25) is 0 Å². The zero-order chi connectivity index (χ0) is 19.3. The van der Waals surface area contributed by atoms with Gasteiger partial charge in [-0.05, 0) is 25.0 Å². The molecule has 0 bridgehead atoms. The summed E-state index contributed by atoms with van der Waals surface area (Å²) < 4.78 is 0. The van der Waals surface area contributed by atoms with Crippen molar-refractivity contribution >= 4 is 17.5 Å². The minimum absolute atomic E-state index is 0.0470. The largest absolute Gasteiger partial charge is 0.339 e. The van der Waals surface area contributed by atoms with Gasteiger partial charge in [-0.2, -0.15) is 0 Å². The number of rotatable bonds is 6. The molecule has 0 atom stereocenters. The van der Waals surface area contributed by atoms with Crippen molar-refractivity contribution < 1.29 is 14.5 Å². The van der Waals surface area contributed by atoms with Crippen molar-refractivity contribution in [2.45, 2.75) is 26.7 Å². The maximum Gasteiger partial charge on any atom is 0.269 e. The molecule has 26 heavy (non-hydrogen) atoms. The van der Waals surface area contributed by atoms with Crippen molar-refractivity contribution in [1.82, 2.24) is 9.80 Å². The van der Waals surface area contributed by atoms with Gasteiger partial charge in [0.2, 0.25) is 5.91 Å². The molecule has 0 spiro atoms. The van der Waals surface area contributed by atoms with Gasteiger partial charge in [-0.3, -0.25) is 19.7 Å². The third kappa shape index (κ3) is 3.85. The summed E-state index contributed by atoms with van der Waals surface area (Å²) in [5.74, 6) is -0.115. The number of hydrogen-bond donors (Lipinski definition) is 1. The summed E-state index contributed by atoms with van der Waals surface area (Å²) in [5, 5.41) is 10.7. The highest BCUT2D eigenvalue weighted by atomic mass is 16.6. The van der Waals surface area contributed by atoms with Crippen LogP contribution in [0.1, 0.15) is 37.0 Å². The molecule has 8 heteroatoms. The van der Waals surface area contributed by atoms with E-state index in [2.05, 4.69) is 0 Å². The van der Waals surface area contributed by atoms with Gasteiger partial charge in [-0.15, -0.1) is 0 Å². The van der Waals surface area contributed by atoms with Crippen LogP contribution >= 0.6 is 0 Å². The fourth-order valence-electron chi connectivity index (χ4n) is 3.28. The summed E-state index contributed by atoms with van der Waals surface area (Å²) in [6, 6.07) is 5.58.